The lowest BCUT2D eigenvalue weighted by Gasteiger charge is -2.44. The summed E-state index contributed by atoms with van der Waals surface area (Å²) in [5, 5.41) is 15.1. The van der Waals surface area contributed by atoms with E-state index in [0.717, 1.165) is 28.8 Å². The second-order valence-electron chi connectivity index (χ2n) is 7.26. The van der Waals surface area contributed by atoms with Gasteiger partial charge in [-0.25, -0.2) is 0 Å². The van der Waals surface area contributed by atoms with Crippen molar-refractivity contribution in [2.45, 2.75) is 11.5 Å². The number of ether oxygens (including phenoxy) is 1. The number of morpholine rings is 1. The van der Waals surface area contributed by atoms with Gasteiger partial charge in [0.05, 0.1) is 13.2 Å². The van der Waals surface area contributed by atoms with Crippen molar-refractivity contribution in [3.8, 4) is 11.1 Å². The van der Waals surface area contributed by atoms with Gasteiger partial charge in [-0.1, -0.05) is 77.8 Å². The Bertz CT molecular complexity index is 951. The number of rotatable bonds is 5. The molecule has 1 aliphatic heterocycles. The summed E-state index contributed by atoms with van der Waals surface area (Å²) in [5.74, 6) is -0.229. The van der Waals surface area contributed by atoms with Gasteiger partial charge in [0.25, 0.3) is 0 Å². The van der Waals surface area contributed by atoms with Gasteiger partial charge in [0.1, 0.15) is 5.60 Å². The van der Waals surface area contributed by atoms with Gasteiger partial charge in [-0.15, -0.1) is 0 Å². The minimum atomic E-state index is -0.722. The van der Waals surface area contributed by atoms with Crippen LogP contribution in [0.2, 0.25) is 10.0 Å². The van der Waals surface area contributed by atoms with E-state index in [-0.39, 0.29) is 12.5 Å². The molecular weight excluding hydrogens is 405 g/mol. The average molecular weight is 428 g/mol. The van der Waals surface area contributed by atoms with Gasteiger partial charge >= 0.3 is 0 Å². The van der Waals surface area contributed by atoms with Crippen LogP contribution in [0.25, 0.3) is 11.1 Å². The molecule has 0 bridgehead atoms. The van der Waals surface area contributed by atoms with Crippen molar-refractivity contribution in [1.82, 2.24) is 5.32 Å². The molecule has 2 atom stereocenters. The number of nitrogens with one attached hydrogen (secondary N) is 1. The molecule has 2 N–H and O–H groups in total. The average Bonchev–Trinajstić information content (AvgIpc) is 2.75. The van der Waals surface area contributed by atoms with Gasteiger partial charge in [-0.2, -0.15) is 0 Å². The summed E-state index contributed by atoms with van der Waals surface area (Å²) in [6.07, 6.45) is 0. The summed E-state index contributed by atoms with van der Waals surface area (Å²) >= 11 is 12.6. The standard InChI is InChI=1S/C24H23Cl2NO2/c25-19-12-18(13-20(26)14-19)21-8-4-5-9-22(21)24(16-27-10-11-29-24)23(15-28)17-6-2-1-3-7-17/h1-9,12-14,23,27-28H,10-11,15-16H2. The van der Waals surface area contributed by atoms with Crippen LogP contribution in [0.1, 0.15) is 17.0 Å². The van der Waals surface area contributed by atoms with Gasteiger partial charge < -0.3 is 15.2 Å². The first kappa shape index (κ1) is 20.4. The van der Waals surface area contributed by atoms with Crippen LogP contribution in [0, 0.1) is 0 Å². The molecule has 150 valence electrons. The minimum Gasteiger partial charge on any atom is -0.396 e. The van der Waals surface area contributed by atoms with Crippen molar-refractivity contribution >= 4 is 23.2 Å². The maximum atomic E-state index is 10.5. The fourth-order valence-corrected chi connectivity index (χ4v) is 4.76. The van der Waals surface area contributed by atoms with E-state index in [1.165, 1.54) is 0 Å². The van der Waals surface area contributed by atoms with Crippen molar-refractivity contribution in [1.29, 1.82) is 0 Å². The summed E-state index contributed by atoms with van der Waals surface area (Å²) in [7, 11) is 0. The predicted molar refractivity (Wildman–Crippen MR) is 119 cm³/mol. The Hall–Kier alpha value is -1.88. The highest BCUT2D eigenvalue weighted by Crippen LogP contribution is 2.45. The molecule has 5 heteroatoms. The third-order valence-electron chi connectivity index (χ3n) is 5.53. The monoisotopic (exact) mass is 427 g/mol. The van der Waals surface area contributed by atoms with Crippen molar-refractivity contribution in [3.05, 3.63) is 94.0 Å². The third kappa shape index (κ3) is 4.07. The largest absolute Gasteiger partial charge is 0.396 e. The van der Waals surface area contributed by atoms with Crippen LogP contribution in [-0.2, 0) is 10.3 Å². The molecule has 1 saturated heterocycles. The number of hydrogen-bond donors (Lipinski definition) is 2. The van der Waals surface area contributed by atoms with Crippen molar-refractivity contribution in [3.63, 3.8) is 0 Å². The van der Waals surface area contributed by atoms with E-state index in [4.69, 9.17) is 27.9 Å². The first-order chi connectivity index (χ1) is 14.1. The second kappa shape index (κ2) is 8.86. The molecule has 1 aliphatic rings. The van der Waals surface area contributed by atoms with E-state index in [9.17, 15) is 5.11 Å². The lowest BCUT2D eigenvalue weighted by molar-refractivity contribution is -0.0987. The molecule has 0 aromatic heterocycles. The Kier molecular flexibility index (Phi) is 6.23. The zero-order valence-electron chi connectivity index (χ0n) is 15.9. The first-order valence-corrected chi connectivity index (χ1v) is 10.5. The van der Waals surface area contributed by atoms with E-state index < -0.39 is 5.60 Å². The third-order valence-corrected chi connectivity index (χ3v) is 5.97. The number of benzene rings is 3. The van der Waals surface area contributed by atoms with Crippen LogP contribution in [0.5, 0.6) is 0 Å². The van der Waals surface area contributed by atoms with Gasteiger partial charge in [0, 0.05) is 29.1 Å². The Morgan fingerprint density at radius 1 is 0.966 bits per heavy atom. The summed E-state index contributed by atoms with van der Waals surface area (Å²) in [6, 6.07) is 23.7. The van der Waals surface area contributed by atoms with E-state index in [1.807, 2.05) is 54.6 Å². The summed E-state index contributed by atoms with van der Waals surface area (Å²) in [6.45, 7) is 1.91. The zero-order chi connectivity index (χ0) is 20.3. The molecule has 0 spiro atoms. The molecule has 0 saturated carbocycles. The van der Waals surface area contributed by atoms with Crippen LogP contribution < -0.4 is 5.32 Å². The van der Waals surface area contributed by atoms with E-state index in [0.29, 0.717) is 23.2 Å². The highest BCUT2D eigenvalue weighted by molar-refractivity contribution is 6.35. The quantitative estimate of drug-likeness (QED) is 0.583. The van der Waals surface area contributed by atoms with E-state index >= 15 is 0 Å². The molecule has 3 aromatic rings. The summed E-state index contributed by atoms with van der Waals surface area (Å²) in [5.41, 5.74) is 3.25. The van der Waals surface area contributed by atoms with Crippen LogP contribution >= 0.6 is 23.2 Å². The summed E-state index contributed by atoms with van der Waals surface area (Å²) in [4.78, 5) is 0. The molecule has 0 radical (unpaired) electrons. The van der Waals surface area contributed by atoms with Gasteiger partial charge in [0.15, 0.2) is 0 Å². The highest BCUT2D eigenvalue weighted by atomic mass is 35.5. The molecule has 0 amide bonds. The molecule has 0 aliphatic carbocycles. The van der Waals surface area contributed by atoms with Gasteiger partial charge in [-0.3, -0.25) is 0 Å². The van der Waals surface area contributed by atoms with Crippen LogP contribution in [0.15, 0.2) is 72.8 Å². The van der Waals surface area contributed by atoms with Crippen LogP contribution in [0.4, 0.5) is 0 Å². The normalized spacial score (nSPS) is 20.4. The maximum absolute atomic E-state index is 10.5. The molecule has 3 aromatic carbocycles. The summed E-state index contributed by atoms with van der Waals surface area (Å²) < 4.78 is 6.49. The molecule has 3 nitrogen and oxygen atoms in total. The number of aliphatic hydroxyl groups is 1. The lowest BCUT2D eigenvalue weighted by Crippen LogP contribution is -2.52. The molecular formula is C24H23Cl2NO2. The van der Waals surface area contributed by atoms with E-state index in [1.54, 1.807) is 6.07 Å². The van der Waals surface area contributed by atoms with E-state index in [2.05, 4.69) is 17.4 Å². The topological polar surface area (TPSA) is 41.5 Å². The SMILES string of the molecule is OCC(c1ccccc1)C1(c2ccccc2-c2cc(Cl)cc(Cl)c2)CNCCO1. The number of halogens is 2. The fourth-order valence-electron chi connectivity index (χ4n) is 4.24. The maximum Gasteiger partial charge on any atom is 0.115 e. The van der Waals surface area contributed by atoms with Crippen molar-refractivity contribution in [2.24, 2.45) is 0 Å². The Balaban J connectivity index is 1.91. The van der Waals surface area contributed by atoms with Gasteiger partial charge in [-0.05, 0) is 40.5 Å². The second-order valence-corrected chi connectivity index (χ2v) is 8.14. The molecule has 1 fully saturated rings. The Morgan fingerprint density at radius 3 is 2.31 bits per heavy atom. The Morgan fingerprint density at radius 2 is 1.66 bits per heavy atom. The van der Waals surface area contributed by atoms with Gasteiger partial charge in [0.2, 0.25) is 0 Å². The number of hydrogen-bond acceptors (Lipinski definition) is 3. The zero-order valence-corrected chi connectivity index (χ0v) is 17.5. The van der Waals surface area contributed by atoms with Crippen molar-refractivity contribution < 1.29 is 9.84 Å². The first-order valence-electron chi connectivity index (χ1n) is 9.70. The van der Waals surface area contributed by atoms with Crippen molar-refractivity contribution in [2.75, 3.05) is 26.3 Å². The molecule has 1 heterocycles. The van der Waals surface area contributed by atoms with Crippen LogP contribution in [0.3, 0.4) is 0 Å². The Labute approximate surface area is 181 Å². The molecule has 4 rings (SSSR count). The molecule has 29 heavy (non-hydrogen) atoms. The molecule has 2 unspecified atom stereocenters. The number of aliphatic hydroxyl groups excluding tert-OH is 1. The van der Waals surface area contributed by atoms with Crippen LogP contribution in [-0.4, -0.2) is 31.4 Å². The smallest absolute Gasteiger partial charge is 0.115 e. The minimum absolute atomic E-state index is 0.0314. The lowest BCUT2D eigenvalue weighted by atomic mass is 9.74. The highest BCUT2D eigenvalue weighted by Gasteiger charge is 2.45. The fraction of sp³-hybridized carbons (Fsp3) is 0.250. The predicted octanol–water partition coefficient (Wildman–Crippen LogP) is 5.25.